The zero-order valence-corrected chi connectivity index (χ0v) is 14.1. The molecule has 0 unspecified atom stereocenters. The fourth-order valence-electron chi connectivity index (χ4n) is 1.86. The molecule has 1 aromatic heterocycles. The lowest BCUT2D eigenvalue weighted by Crippen LogP contribution is -2.13. The van der Waals surface area contributed by atoms with Crippen LogP contribution in [0.4, 0.5) is 15.2 Å². The van der Waals surface area contributed by atoms with Crippen LogP contribution >= 0.6 is 11.3 Å². The van der Waals surface area contributed by atoms with Gasteiger partial charge in [0.2, 0.25) is 5.13 Å². The number of nitrogens with one attached hydrogen (secondary N) is 2. The van der Waals surface area contributed by atoms with Crippen LogP contribution in [0.3, 0.4) is 0 Å². The molecule has 7 nitrogen and oxygen atoms in total. The van der Waals surface area contributed by atoms with Crippen molar-refractivity contribution in [3.05, 3.63) is 66.0 Å². The summed E-state index contributed by atoms with van der Waals surface area (Å²) in [5.74, 6) is -1.16. The highest BCUT2D eigenvalue weighted by molar-refractivity contribution is 7.94. The van der Waals surface area contributed by atoms with Crippen LogP contribution in [0.1, 0.15) is 10.4 Å². The van der Waals surface area contributed by atoms with E-state index in [0.717, 1.165) is 6.07 Å². The Hall–Kier alpha value is -2.85. The number of carbonyl (C=O) groups is 1. The van der Waals surface area contributed by atoms with Crippen LogP contribution in [-0.2, 0) is 10.0 Å². The molecule has 3 rings (SSSR count). The fraction of sp³-hybridized carbons (Fsp3) is 0. The van der Waals surface area contributed by atoms with Crippen molar-refractivity contribution >= 4 is 38.1 Å². The Kier molecular flexibility index (Phi) is 4.72. The average Bonchev–Trinajstić information content (AvgIpc) is 3.07. The second kappa shape index (κ2) is 6.95. The van der Waals surface area contributed by atoms with Crippen molar-refractivity contribution in [2.45, 2.75) is 4.34 Å². The summed E-state index contributed by atoms with van der Waals surface area (Å²) in [6.07, 6.45) is 0. The van der Waals surface area contributed by atoms with E-state index in [-0.39, 0.29) is 15.2 Å². The summed E-state index contributed by atoms with van der Waals surface area (Å²) in [6.45, 7) is 0. The quantitative estimate of drug-likeness (QED) is 0.665. The number of hydrogen-bond donors (Lipinski definition) is 2. The van der Waals surface area contributed by atoms with Gasteiger partial charge in [0.15, 0.2) is 0 Å². The maximum atomic E-state index is 13.6. The van der Waals surface area contributed by atoms with Crippen LogP contribution in [0.2, 0.25) is 0 Å². The topological polar surface area (TPSA) is 101 Å². The van der Waals surface area contributed by atoms with Crippen molar-refractivity contribution in [2.24, 2.45) is 0 Å². The van der Waals surface area contributed by atoms with Crippen LogP contribution in [-0.4, -0.2) is 24.5 Å². The number of halogens is 1. The van der Waals surface area contributed by atoms with E-state index in [9.17, 15) is 17.6 Å². The third-order valence-corrected chi connectivity index (χ3v) is 5.58. The first kappa shape index (κ1) is 17.0. The molecule has 2 aromatic carbocycles. The molecule has 0 aliphatic rings. The van der Waals surface area contributed by atoms with Crippen LogP contribution < -0.4 is 10.0 Å². The minimum Gasteiger partial charge on any atom is -0.296 e. The molecule has 0 saturated heterocycles. The Morgan fingerprint density at radius 3 is 2.40 bits per heavy atom. The van der Waals surface area contributed by atoms with Gasteiger partial charge in [0.1, 0.15) is 5.82 Å². The van der Waals surface area contributed by atoms with E-state index >= 15 is 0 Å². The maximum absolute atomic E-state index is 13.6. The number of anilines is 2. The summed E-state index contributed by atoms with van der Waals surface area (Å²) in [6, 6.07) is 13.7. The summed E-state index contributed by atoms with van der Waals surface area (Å²) in [5.41, 5.74) is 0.194. The van der Waals surface area contributed by atoms with Gasteiger partial charge < -0.3 is 0 Å². The number of rotatable bonds is 5. The van der Waals surface area contributed by atoms with Crippen LogP contribution in [0.5, 0.6) is 0 Å². The Balaban J connectivity index is 1.76. The lowest BCUT2D eigenvalue weighted by Gasteiger charge is -2.05. The number of benzene rings is 2. The molecule has 25 heavy (non-hydrogen) atoms. The number of para-hydroxylation sites is 1. The number of carbonyl (C=O) groups excluding carboxylic acids is 1. The predicted octanol–water partition coefficient (Wildman–Crippen LogP) is 2.73. The minimum atomic E-state index is -4.11. The summed E-state index contributed by atoms with van der Waals surface area (Å²) in [4.78, 5) is 12.0. The molecule has 0 spiro atoms. The highest BCUT2D eigenvalue weighted by Gasteiger charge is 2.22. The zero-order valence-electron chi connectivity index (χ0n) is 12.5. The molecule has 1 heterocycles. The highest BCUT2D eigenvalue weighted by Crippen LogP contribution is 2.24. The lowest BCUT2D eigenvalue weighted by molar-refractivity contribution is 0.102. The van der Waals surface area contributed by atoms with Crippen molar-refractivity contribution in [3.63, 3.8) is 0 Å². The highest BCUT2D eigenvalue weighted by atomic mass is 32.2. The number of sulfonamides is 1. The molecule has 1 amide bonds. The Morgan fingerprint density at radius 1 is 1.00 bits per heavy atom. The Bertz CT molecular complexity index is 1010. The summed E-state index contributed by atoms with van der Waals surface area (Å²) >= 11 is 0.661. The van der Waals surface area contributed by atoms with Gasteiger partial charge in [-0.15, -0.1) is 10.2 Å². The second-order valence-corrected chi connectivity index (χ2v) is 7.61. The number of amides is 1. The average molecular weight is 378 g/mol. The van der Waals surface area contributed by atoms with E-state index in [1.807, 2.05) is 0 Å². The molecular formula is C15H11FN4O3S2. The molecule has 0 aliphatic carbocycles. The van der Waals surface area contributed by atoms with Gasteiger partial charge in [-0.2, -0.15) is 8.42 Å². The van der Waals surface area contributed by atoms with Crippen LogP contribution in [0, 0.1) is 5.82 Å². The standard InChI is InChI=1S/C15H11FN4O3S2/c16-11-8-4-5-9-12(11)20-25(22,23)15-19-18-14(24-15)17-13(21)10-6-2-1-3-7-10/h1-9,20H,(H,17,18,21). The first-order valence-electron chi connectivity index (χ1n) is 6.93. The van der Waals surface area contributed by atoms with Gasteiger partial charge in [-0.25, -0.2) is 4.39 Å². The lowest BCUT2D eigenvalue weighted by atomic mass is 10.2. The first-order chi connectivity index (χ1) is 12.0. The third-order valence-electron chi connectivity index (χ3n) is 3.01. The molecule has 0 radical (unpaired) electrons. The van der Waals surface area contributed by atoms with Gasteiger partial charge in [-0.05, 0) is 24.3 Å². The zero-order chi connectivity index (χ0) is 17.9. The maximum Gasteiger partial charge on any atom is 0.291 e. The second-order valence-electron chi connectivity index (χ2n) is 4.78. The van der Waals surface area contributed by atoms with Gasteiger partial charge in [0.05, 0.1) is 5.69 Å². The van der Waals surface area contributed by atoms with E-state index < -0.39 is 21.7 Å². The van der Waals surface area contributed by atoms with E-state index in [4.69, 9.17) is 0 Å². The largest absolute Gasteiger partial charge is 0.296 e. The predicted molar refractivity (Wildman–Crippen MR) is 91.5 cm³/mol. The van der Waals surface area contributed by atoms with Crippen molar-refractivity contribution in [1.82, 2.24) is 10.2 Å². The van der Waals surface area contributed by atoms with Gasteiger partial charge in [0.25, 0.3) is 20.3 Å². The van der Waals surface area contributed by atoms with E-state index in [1.54, 1.807) is 30.3 Å². The molecule has 0 bridgehead atoms. The molecule has 10 heteroatoms. The smallest absolute Gasteiger partial charge is 0.291 e. The molecule has 0 atom stereocenters. The molecule has 0 aliphatic heterocycles. The number of nitrogens with zero attached hydrogens (tertiary/aromatic N) is 2. The number of hydrogen-bond acceptors (Lipinski definition) is 6. The van der Waals surface area contributed by atoms with Crippen molar-refractivity contribution in [1.29, 1.82) is 0 Å². The minimum absolute atomic E-state index is 0.0164. The number of aromatic nitrogens is 2. The summed E-state index contributed by atoms with van der Waals surface area (Å²) < 4.78 is 39.8. The summed E-state index contributed by atoms with van der Waals surface area (Å²) in [7, 11) is -4.11. The molecule has 128 valence electrons. The SMILES string of the molecule is O=C(Nc1nnc(S(=O)(=O)Nc2ccccc2F)s1)c1ccccc1. The van der Waals surface area contributed by atoms with Crippen molar-refractivity contribution in [3.8, 4) is 0 Å². The van der Waals surface area contributed by atoms with Crippen molar-refractivity contribution < 1.29 is 17.6 Å². The first-order valence-corrected chi connectivity index (χ1v) is 9.23. The van der Waals surface area contributed by atoms with Gasteiger partial charge in [0, 0.05) is 5.56 Å². The van der Waals surface area contributed by atoms with Gasteiger partial charge in [-0.3, -0.25) is 14.8 Å². The normalized spacial score (nSPS) is 11.1. The Labute approximate surface area is 146 Å². The van der Waals surface area contributed by atoms with Crippen LogP contribution in [0.15, 0.2) is 58.9 Å². The van der Waals surface area contributed by atoms with E-state index in [0.29, 0.717) is 16.9 Å². The molecular weight excluding hydrogens is 367 g/mol. The Morgan fingerprint density at radius 2 is 1.68 bits per heavy atom. The van der Waals surface area contributed by atoms with E-state index in [2.05, 4.69) is 20.2 Å². The monoisotopic (exact) mass is 378 g/mol. The van der Waals surface area contributed by atoms with Gasteiger partial charge >= 0.3 is 0 Å². The fourth-order valence-corrected chi connectivity index (χ4v) is 3.82. The molecule has 2 N–H and O–H groups in total. The van der Waals surface area contributed by atoms with Crippen LogP contribution in [0.25, 0.3) is 0 Å². The molecule has 3 aromatic rings. The third kappa shape index (κ3) is 3.98. The molecule has 0 saturated carbocycles. The van der Waals surface area contributed by atoms with Crippen molar-refractivity contribution in [2.75, 3.05) is 10.0 Å². The van der Waals surface area contributed by atoms with E-state index in [1.165, 1.54) is 18.2 Å². The summed E-state index contributed by atoms with van der Waals surface area (Å²) in [5, 5.41) is 9.66. The molecule has 0 fully saturated rings. The van der Waals surface area contributed by atoms with Gasteiger partial charge in [-0.1, -0.05) is 41.7 Å².